The maximum atomic E-state index is 11.6. The van der Waals surface area contributed by atoms with E-state index < -0.39 is 6.09 Å². The molecule has 1 aromatic carbocycles. The number of methoxy groups -OCH3 is 1. The van der Waals surface area contributed by atoms with E-state index in [-0.39, 0.29) is 12.2 Å². The Kier molecular flexibility index (Phi) is 7.15. The minimum absolute atomic E-state index is 0.263. The molecule has 0 aliphatic heterocycles. The summed E-state index contributed by atoms with van der Waals surface area (Å²) in [6, 6.07) is 7.91. The van der Waals surface area contributed by atoms with Crippen LogP contribution in [0.25, 0.3) is 0 Å². The summed E-state index contributed by atoms with van der Waals surface area (Å²) < 4.78 is 11.9. The van der Waals surface area contributed by atoms with Crippen molar-refractivity contribution in [1.29, 1.82) is 0 Å². The van der Waals surface area contributed by atoms with Crippen molar-refractivity contribution in [3.05, 3.63) is 33.4 Å². The molecule has 0 bridgehead atoms. The number of amides is 1. The predicted molar refractivity (Wildman–Crippen MR) is 83.1 cm³/mol. The maximum absolute atomic E-state index is 11.6. The van der Waals surface area contributed by atoms with Gasteiger partial charge in [-0.25, -0.2) is 4.79 Å². The summed E-state index contributed by atoms with van der Waals surface area (Å²) in [5.74, 6) is 0. The van der Waals surface area contributed by atoms with Crippen LogP contribution in [0.5, 0.6) is 0 Å². The van der Waals surface area contributed by atoms with Gasteiger partial charge >= 0.3 is 6.09 Å². The highest BCUT2D eigenvalue weighted by Crippen LogP contribution is 2.26. The first-order chi connectivity index (χ1) is 9.10. The van der Waals surface area contributed by atoms with E-state index in [2.05, 4.69) is 27.9 Å². The third-order valence-corrected chi connectivity index (χ3v) is 3.69. The number of alkyl carbamates (subject to hydrolysis) is 1. The molecule has 4 nitrogen and oxygen atoms in total. The first-order valence-electron chi connectivity index (χ1n) is 6.31. The smallest absolute Gasteiger partial charge is 0.407 e. The van der Waals surface area contributed by atoms with Gasteiger partial charge in [0, 0.05) is 17.2 Å². The van der Waals surface area contributed by atoms with Crippen molar-refractivity contribution in [2.24, 2.45) is 0 Å². The van der Waals surface area contributed by atoms with Crippen molar-refractivity contribution in [3.63, 3.8) is 0 Å². The molecular weight excluding hydrogens is 357 g/mol. The lowest BCUT2D eigenvalue weighted by Crippen LogP contribution is -2.31. The molecule has 0 radical (unpaired) electrons. The van der Waals surface area contributed by atoms with Gasteiger partial charge in [0.1, 0.15) is 12.2 Å². The number of benzene rings is 1. The molecular formula is C14H20INO3. The lowest BCUT2D eigenvalue weighted by atomic mass is 10.1. The molecule has 0 aliphatic carbocycles. The molecule has 0 saturated carbocycles. The van der Waals surface area contributed by atoms with Crippen molar-refractivity contribution >= 4 is 28.7 Å². The summed E-state index contributed by atoms with van der Waals surface area (Å²) in [5, 5.41) is 2.69. The van der Waals surface area contributed by atoms with Crippen molar-refractivity contribution in [3.8, 4) is 0 Å². The largest absolute Gasteiger partial charge is 0.443 e. The fourth-order valence-electron chi connectivity index (χ4n) is 1.78. The minimum Gasteiger partial charge on any atom is -0.443 e. The molecule has 0 spiro atoms. The third-order valence-electron chi connectivity index (χ3n) is 2.70. The van der Waals surface area contributed by atoms with Crippen LogP contribution >= 0.6 is 22.6 Å². The Balaban J connectivity index is 2.69. The van der Waals surface area contributed by atoms with Crippen molar-refractivity contribution in [2.75, 3.05) is 13.7 Å². The molecule has 2 atom stereocenters. The molecule has 1 N–H and O–H groups in total. The van der Waals surface area contributed by atoms with Crippen LogP contribution in [0.15, 0.2) is 24.3 Å². The fraction of sp³-hybridized carbons (Fsp3) is 0.500. The van der Waals surface area contributed by atoms with Crippen LogP contribution in [-0.2, 0) is 9.47 Å². The van der Waals surface area contributed by atoms with Crippen molar-refractivity contribution in [2.45, 2.75) is 32.5 Å². The first-order valence-corrected chi connectivity index (χ1v) is 7.39. The Morgan fingerprint density at radius 1 is 1.42 bits per heavy atom. The van der Waals surface area contributed by atoms with Gasteiger partial charge in [-0.05, 0) is 47.6 Å². The van der Waals surface area contributed by atoms with E-state index in [0.29, 0.717) is 6.54 Å². The Morgan fingerprint density at radius 2 is 2.11 bits per heavy atom. The van der Waals surface area contributed by atoms with Gasteiger partial charge in [-0.3, -0.25) is 0 Å². The summed E-state index contributed by atoms with van der Waals surface area (Å²) >= 11 is 2.25. The second kappa shape index (κ2) is 8.37. The predicted octanol–water partition coefficient (Wildman–Crippen LogP) is 3.50. The third kappa shape index (κ3) is 4.99. The molecule has 1 aromatic rings. The number of rotatable bonds is 6. The number of carbonyl (C=O) groups is 1. The number of nitrogens with one attached hydrogen (secondary N) is 1. The highest BCUT2D eigenvalue weighted by atomic mass is 127. The molecule has 1 amide bonds. The molecule has 0 heterocycles. The van der Waals surface area contributed by atoms with E-state index >= 15 is 0 Å². The second-order valence-electron chi connectivity index (χ2n) is 4.22. The lowest BCUT2D eigenvalue weighted by Gasteiger charge is -2.24. The molecule has 0 aliphatic rings. The SMILES string of the molecule is CCCNC(=O)O[C@@H](C)[C@@H](OC)c1ccccc1I. The van der Waals surface area contributed by atoms with E-state index in [4.69, 9.17) is 9.47 Å². The van der Waals surface area contributed by atoms with E-state index in [1.54, 1.807) is 7.11 Å². The van der Waals surface area contributed by atoms with E-state index in [0.717, 1.165) is 15.6 Å². The molecule has 5 heteroatoms. The standard InChI is InChI=1S/C14H20INO3/c1-4-9-16-14(17)19-10(2)13(18-3)11-7-5-6-8-12(11)15/h5-8,10,13H,4,9H2,1-3H3,(H,16,17)/t10-,13+/m0/s1. The molecule has 0 unspecified atom stereocenters. The monoisotopic (exact) mass is 377 g/mol. The normalized spacial score (nSPS) is 13.7. The molecule has 1 rings (SSSR count). The zero-order valence-corrected chi connectivity index (χ0v) is 13.6. The summed E-state index contributed by atoms with van der Waals surface area (Å²) in [7, 11) is 1.62. The average molecular weight is 377 g/mol. The van der Waals surface area contributed by atoms with E-state index in [1.807, 2.05) is 38.1 Å². The summed E-state index contributed by atoms with van der Waals surface area (Å²) in [5.41, 5.74) is 1.03. The molecule has 0 fully saturated rings. The van der Waals surface area contributed by atoms with Crippen molar-refractivity contribution < 1.29 is 14.3 Å². The van der Waals surface area contributed by atoms with Gasteiger partial charge < -0.3 is 14.8 Å². The summed E-state index contributed by atoms with van der Waals surface area (Å²) in [6.45, 7) is 4.45. The highest BCUT2D eigenvalue weighted by molar-refractivity contribution is 14.1. The number of halogens is 1. The van der Waals surface area contributed by atoms with Gasteiger partial charge in [0.15, 0.2) is 0 Å². The van der Waals surface area contributed by atoms with Gasteiger partial charge in [-0.2, -0.15) is 0 Å². The van der Waals surface area contributed by atoms with Gasteiger partial charge in [-0.15, -0.1) is 0 Å². The van der Waals surface area contributed by atoms with Crippen molar-refractivity contribution in [1.82, 2.24) is 5.32 Å². The second-order valence-corrected chi connectivity index (χ2v) is 5.38. The Morgan fingerprint density at radius 3 is 2.68 bits per heavy atom. The topological polar surface area (TPSA) is 47.6 Å². The van der Waals surface area contributed by atoms with Gasteiger partial charge in [0.05, 0.1) is 0 Å². The zero-order chi connectivity index (χ0) is 14.3. The van der Waals surface area contributed by atoms with E-state index in [9.17, 15) is 4.79 Å². The number of ether oxygens (including phenoxy) is 2. The van der Waals surface area contributed by atoms with Crippen LogP contribution in [0.2, 0.25) is 0 Å². The average Bonchev–Trinajstić information content (AvgIpc) is 2.39. The van der Waals surface area contributed by atoms with Crippen LogP contribution < -0.4 is 5.32 Å². The van der Waals surface area contributed by atoms with Gasteiger partial charge in [0.25, 0.3) is 0 Å². The summed E-state index contributed by atoms with van der Waals surface area (Å²) in [4.78, 5) is 11.6. The first kappa shape index (κ1) is 16.2. The Bertz CT molecular complexity index is 411. The lowest BCUT2D eigenvalue weighted by molar-refractivity contribution is -0.0152. The molecule has 19 heavy (non-hydrogen) atoms. The minimum atomic E-state index is -0.401. The fourth-order valence-corrected chi connectivity index (χ4v) is 2.47. The van der Waals surface area contributed by atoms with Crippen LogP contribution in [0.4, 0.5) is 4.79 Å². The highest BCUT2D eigenvalue weighted by Gasteiger charge is 2.24. The zero-order valence-electron chi connectivity index (χ0n) is 11.5. The Hall–Kier alpha value is -0.820. The number of hydrogen-bond acceptors (Lipinski definition) is 3. The Labute approximate surface area is 128 Å². The summed E-state index contributed by atoms with van der Waals surface area (Å²) in [6.07, 6.45) is -0.131. The van der Waals surface area contributed by atoms with Crippen LogP contribution in [-0.4, -0.2) is 25.9 Å². The quantitative estimate of drug-likeness (QED) is 0.772. The van der Waals surface area contributed by atoms with Gasteiger partial charge in [-0.1, -0.05) is 25.1 Å². The number of hydrogen-bond donors (Lipinski definition) is 1. The van der Waals surface area contributed by atoms with Crippen LogP contribution in [0.1, 0.15) is 31.9 Å². The van der Waals surface area contributed by atoms with E-state index in [1.165, 1.54) is 0 Å². The molecule has 0 aromatic heterocycles. The molecule has 0 saturated heterocycles. The van der Waals surface area contributed by atoms with Crippen LogP contribution in [0, 0.1) is 3.57 Å². The number of carbonyl (C=O) groups excluding carboxylic acids is 1. The molecule has 106 valence electrons. The van der Waals surface area contributed by atoms with Crippen LogP contribution in [0.3, 0.4) is 0 Å². The van der Waals surface area contributed by atoms with Gasteiger partial charge in [0.2, 0.25) is 0 Å². The maximum Gasteiger partial charge on any atom is 0.407 e.